The maximum atomic E-state index is 12.6. The molecule has 0 heterocycles. The fourth-order valence-corrected chi connectivity index (χ4v) is 1.63. The summed E-state index contributed by atoms with van der Waals surface area (Å²) in [6.45, 7) is 0. The van der Waals surface area contributed by atoms with Gasteiger partial charge in [-0.05, 0) is 42.5 Å². The van der Waals surface area contributed by atoms with Gasteiger partial charge >= 0.3 is 6.18 Å². The topological polar surface area (TPSA) is 64.3 Å². The lowest BCUT2D eigenvalue weighted by molar-refractivity contribution is -0.137. The van der Waals surface area contributed by atoms with Gasteiger partial charge in [-0.2, -0.15) is 13.2 Å². The zero-order valence-electron chi connectivity index (χ0n) is 10.6. The van der Waals surface area contributed by atoms with E-state index < -0.39 is 17.6 Å². The van der Waals surface area contributed by atoms with Gasteiger partial charge < -0.3 is 4.74 Å². The Balaban J connectivity index is 2.17. The predicted molar refractivity (Wildman–Crippen MR) is 69.6 cm³/mol. The Bertz CT molecular complexity index is 639. The number of benzene rings is 2. The van der Waals surface area contributed by atoms with E-state index >= 15 is 0 Å². The lowest BCUT2D eigenvalue weighted by Crippen LogP contribution is -2.29. The fourth-order valence-electron chi connectivity index (χ4n) is 1.63. The number of nitrogen functional groups attached to an aromatic ring is 1. The van der Waals surface area contributed by atoms with Crippen LogP contribution < -0.4 is 16.0 Å². The molecule has 0 aliphatic carbocycles. The highest BCUT2D eigenvalue weighted by molar-refractivity contribution is 5.93. The fraction of sp³-hybridized carbons (Fsp3) is 0.0714. The molecular weight excluding hydrogens is 285 g/mol. The zero-order valence-corrected chi connectivity index (χ0v) is 10.6. The molecule has 0 aromatic heterocycles. The third kappa shape index (κ3) is 3.73. The second kappa shape index (κ2) is 5.84. The summed E-state index contributed by atoms with van der Waals surface area (Å²) in [6.07, 6.45) is -4.43. The van der Waals surface area contributed by atoms with Crippen molar-refractivity contribution in [1.82, 2.24) is 5.43 Å². The van der Waals surface area contributed by atoms with Crippen molar-refractivity contribution in [3.63, 3.8) is 0 Å². The van der Waals surface area contributed by atoms with Crippen molar-refractivity contribution in [1.29, 1.82) is 0 Å². The Morgan fingerprint density at radius 1 is 1.05 bits per heavy atom. The highest BCUT2D eigenvalue weighted by Crippen LogP contribution is 2.32. The molecule has 0 atom stereocenters. The highest BCUT2D eigenvalue weighted by Gasteiger charge is 2.30. The summed E-state index contributed by atoms with van der Waals surface area (Å²) in [4.78, 5) is 11.2. The van der Waals surface area contributed by atoms with Gasteiger partial charge in [-0.15, -0.1) is 0 Å². The van der Waals surface area contributed by atoms with E-state index in [1.807, 2.05) is 5.43 Å². The number of amides is 1. The van der Waals surface area contributed by atoms with E-state index in [-0.39, 0.29) is 5.75 Å². The first-order valence-electron chi connectivity index (χ1n) is 5.86. The van der Waals surface area contributed by atoms with E-state index in [9.17, 15) is 18.0 Å². The van der Waals surface area contributed by atoms with Gasteiger partial charge in [0, 0.05) is 5.56 Å². The monoisotopic (exact) mass is 296 g/mol. The molecule has 0 saturated carbocycles. The quantitative estimate of drug-likeness (QED) is 0.519. The average Bonchev–Trinajstić information content (AvgIpc) is 2.47. The number of hydrogen-bond acceptors (Lipinski definition) is 3. The van der Waals surface area contributed by atoms with Crippen LogP contribution in [-0.2, 0) is 6.18 Å². The number of alkyl halides is 3. The van der Waals surface area contributed by atoms with Gasteiger partial charge in [0.25, 0.3) is 5.91 Å². The molecule has 0 bridgehead atoms. The van der Waals surface area contributed by atoms with E-state index in [0.717, 1.165) is 12.1 Å². The van der Waals surface area contributed by atoms with Gasteiger partial charge in [-0.1, -0.05) is 6.07 Å². The molecule has 0 spiro atoms. The Morgan fingerprint density at radius 3 is 2.29 bits per heavy atom. The molecule has 21 heavy (non-hydrogen) atoms. The molecule has 1 amide bonds. The number of rotatable bonds is 3. The molecule has 2 aromatic carbocycles. The molecule has 0 unspecified atom stereocenters. The van der Waals surface area contributed by atoms with Crippen LogP contribution in [0.15, 0.2) is 48.5 Å². The molecule has 4 nitrogen and oxygen atoms in total. The number of nitrogens with two attached hydrogens (primary N) is 1. The van der Waals surface area contributed by atoms with E-state index in [1.165, 1.54) is 36.4 Å². The lowest BCUT2D eigenvalue weighted by Gasteiger charge is -2.10. The Morgan fingerprint density at radius 2 is 1.71 bits per heavy atom. The molecule has 0 aliphatic rings. The Kier molecular flexibility index (Phi) is 4.13. The molecule has 7 heteroatoms. The Hall–Kier alpha value is -2.54. The molecule has 110 valence electrons. The number of hydrazine groups is 1. The van der Waals surface area contributed by atoms with Crippen LogP contribution in [0.2, 0.25) is 0 Å². The molecule has 0 radical (unpaired) electrons. The Labute approximate surface area is 118 Å². The molecule has 0 aliphatic heterocycles. The minimum absolute atomic E-state index is 0.0563. The summed E-state index contributed by atoms with van der Waals surface area (Å²) >= 11 is 0. The smallest absolute Gasteiger partial charge is 0.416 e. The molecule has 0 fully saturated rings. The molecule has 0 saturated heterocycles. The summed E-state index contributed by atoms with van der Waals surface area (Å²) in [7, 11) is 0. The van der Waals surface area contributed by atoms with Crippen molar-refractivity contribution in [2.45, 2.75) is 6.18 Å². The van der Waals surface area contributed by atoms with Crippen molar-refractivity contribution in [2.75, 3.05) is 0 Å². The number of hydrogen-bond donors (Lipinski definition) is 2. The summed E-state index contributed by atoms with van der Waals surface area (Å²) < 4.78 is 43.0. The second-order valence-corrected chi connectivity index (χ2v) is 4.13. The van der Waals surface area contributed by atoms with Crippen molar-refractivity contribution in [2.24, 2.45) is 5.84 Å². The van der Waals surface area contributed by atoms with Gasteiger partial charge in [0.1, 0.15) is 11.5 Å². The van der Waals surface area contributed by atoms with E-state index in [1.54, 1.807) is 0 Å². The van der Waals surface area contributed by atoms with Crippen LogP contribution in [0.25, 0.3) is 0 Å². The minimum atomic E-state index is -4.43. The summed E-state index contributed by atoms with van der Waals surface area (Å²) in [5.74, 6) is 4.88. The van der Waals surface area contributed by atoms with Crippen molar-refractivity contribution in [3.8, 4) is 11.5 Å². The first-order chi connectivity index (χ1) is 9.90. The average molecular weight is 296 g/mol. The second-order valence-electron chi connectivity index (χ2n) is 4.13. The summed E-state index contributed by atoms with van der Waals surface area (Å²) in [6, 6.07) is 10.4. The first-order valence-corrected chi connectivity index (χ1v) is 5.86. The van der Waals surface area contributed by atoms with Crippen molar-refractivity contribution >= 4 is 5.91 Å². The normalized spacial score (nSPS) is 11.0. The van der Waals surface area contributed by atoms with Crippen LogP contribution in [0.3, 0.4) is 0 Å². The minimum Gasteiger partial charge on any atom is -0.457 e. The molecule has 2 rings (SSSR count). The number of nitrogens with one attached hydrogen (secondary N) is 1. The highest BCUT2D eigenvalue weighted by atomic mass is 19.4. The van der Waals surface area contributed by atoms with Crippen LogP contribution in [0, 0.1) is 0 Å². The molecular formula is C14H11F3N2O2. The largest absolute Gasteiger partial charge is 0.457 e. The van der Waals surface area contributed by atoms with Gasteiger partial charge in [-0.3, -0.25) is 10.2 Å². The summed E-state index contributed by atoms with van der Waals surface area (Å²) in [5.41, 5.74) is 1.49. The predicted octanol–water partition coefficient (Wildman–Crippen LogP) is 3.10. The van der Waals surface area contributed by atoms with E-state index in [4.69, 9.17) is 10.6 Å². The molecule has 2 aromatic rings. The standard InChI is InChI=1S/C14H11F3N2O2/c15-14(16,17)10-2-1-3-12(8-10)21-11-6-4-9(5-7-11)13(20)19-18/h1-8H,18H2,(H,19,20). The third-order valence-corrected chi connectivity index (χ3v) is 2.64. The number of carbonyl (C=O) groups is 1. The third-order valence-electron chi connectivity index (χ3n) is 2.64. The number of ether oxygens (including phenoxy) is 1. The number of halogens is 3. The van der Waals surface area contributed by atoms with Crippen LogP contribution in [0.4, 0.5) is 13.2 Å². The maximum Gasteiger partial charge on any atom is 0.416 e. The number of carbonyl (C=O) groups excluding carboxylic acids is 1. The van der Waals surface area contributed by atoms with Crippen molar-refractivity contribution < 1.29 is 22.7 Å². The van der Waals surface area contributed by atoms with Gasteiger partial charge in [-0.25, -0.2) is 5.84 Å². The van der Waals surface area contributed by atoms with E-state index in [0.29, 0.717) is 11.3 Å². The SMILES string of the molecule is NNC(=O)c1ccc(Oc2cccc(C(F)(F)F)c2)cc1. The molecule has 3 N–H and O–H groups in total. The maximum absolute atomic E-state index is 12.6. The van der Waals surface area contributed by atoms with Crippen LogP contribution in [0.5, 0.6) is 11.5 Å². The van der Waals surface area contributed by atoms with Gasteiger partial charge in [0.15, 0.2) is 0 Å². The first kappa shape index (κ1) is 14.9. The van der Waals surface area contributed by atoms with E-state index in [2.05, 4.69) is 0 Å². The van der Waals surface area contributed by atoms with Crippen molar-refractivity contribution in [3.05, 3.63) is 59.7 Å². The van der Waals surface area contributed by atoms with Gasteiger partial charge in [0.2, 0.25) is 0 Å². The zero-order chi connectivity index (χ0) is 15.5. The van der Waals surface area contributed by atoms with Crippen LogP contribution in [-0.4, -0.2) is 5.91 Å². The lowest BCUT2D eigenvalue weighted by atomic mass is 10.2. The van der Waals surface area contributed by atoms with Gasteiger partial charge in [0.05, 0.1) is 5.56 Å². The van der Waals surface area contributed by atoms with Crippen LogP contribution >= 0.6 is 0 Å². The summed E-state index contributed by atoms with van der Waals surface area (Å²) in [5, 5.41) is 0. The van der Waals surface area contributed by atoms with Crippen LogP contribution in [0.1, 0.15) is 15.9 Å².